The van der Waals surface area contributed by atoms with Crippen molar-refractivity contribution in [3.8, 4) is 5.75 Å². The molecule has 0 spiro atoms. The fourth-order valence-corrected chi connectivity index (χ4v) is 2.50. The van der Waals surface area contributed by atoms with Crippen molar-refractivity contribution in [3.63, 3.8) is 0 Å². The van der Waals surface area contributed by atoms with Crippen LogP contribution in [0.2, 0.25) is 5.02 Å². The van der Waals surface area contributed by atoms with E-state index in [1.165, 1.54) is 12.0 Å². The summed E-state index contributed by atoms with van der Waals surface area (Å²) < 4.78 is 5.92. The van der Waals surface area contributed by atoms with Gasteiger partial charge in [-0.25, -0.2) is 0 Å². The van der Waals surface area contributed by atoms with E-state index < -0.39 is 0 Å². The molecule has 0 amide bonds. The highest BCUT2D eigenvalue weighted by molar-refractivity contribution is 6.32. The predicted octanol–water partition coefficient (Wildman–Crippen LogP) is 4.11. The maximum absolute atomic E-state index is 6.29. The Labute approximate surface area is 120 Å². The van der Waals surface area contributed by atoms with Crippen molar-refractivity contribution in [2.45, 2.75) is 51.2 Å². The zero-order valence-corrected chi connectivity index (χ0v) is 12.2. The summed E-state index contributed by atoms with van der Waals surface area (Å²) in [6.45, 7) is 2.10. The van der Waals surface area contributed by atoms with E-state index in [9.17, 15) is 0 Å². The van der Waals surface area contributed by atoms with Crippen molar-refractivity contribution < 1.29 is 4.74 Å². The molecule has 0 saturated carbocycles. The van der Waals surface area contributed by atoms with Gasteiger partial charge in [-0.2, -0.15) is 0 Å². The topological polar surface area (TPSA) is 35.2 Å². The van der Waals surface area contributed by atoms with Crippen LogP contribution in [0.4, 0.5) is 0 Å². The van der Waals surface area contributed by atoms with E-state index in [1.54, 1.807) is 0 Å². The summed E-state index contributed by atoms with van der Waals surface area (Å²) in [5, 5.41) is 0.680. The van der Waals surface area contributed by atoms with E-state index in [0.29, 0.717) is 5.02 Å². The Morgan fingerprint density at radius 2 is 2.32 bits per heavy atom. The van der Waals surface area contributed by atoms with Crippen molar-refractivity contribution >= 4 is 11.6 Å². The first-order valence-electron chi connectivity index (χ1n) is 7.06. The minimum Gasteiger partial charge on any atom is -0.485 e. The summed E-state index contributed by atoms with van der Waals surface area (Å²) in [5.41, 5.74) is 7.13. The van der Waals surface area contributed by atoms with Crippen molar-refractivity contribution in [2.24, 2.45) is 5.73 Å². The van der Waals surface area contributed by atoms with Gasteiger partial charge in [0.05, 0.1) is 5.02 Å². The lowest BCUT2D eigenvalue weighted by Crippen LogP contribution is -2.21. The van der Waals surface area contributed by atoms with Gasteiger partial charge in [0.2, 0.25) is 0 Å². The highest BCUT2D eigenvalue weighted by Crippen LogP contribution is 2.28. The third-order valence-electron chi connectivity index (χ3n) is 3.51. The van der Waals surface area contributed by atoms with Gasteiger partial charge in [-0.3, -0.25) is 0 Å². The van der Waals surface area contributed by atoms with Gasteiger partial charge in [0.25, 0.3) is 0 Å². The zero-order valence-electron chi connectivity index (χ0n) is 11.4. The highest BCUT2D eigenvalue weighted by atomic mass is 35.5. The third kappa shape index (κ3) is 4.26. The van der Waals surface area contributed by atoms with Gasteiger partial charge in [0.1, 0.15) is 11.9 Å². The fourth-order valence-electron chi connectivity index (χ4n) is 2.26. The minimum atomic E-state index is 0.162. The summed E-state index contributed by atoms with van der Waals surface area (Å²) in [6.07, 6.45) is 9.70. The molecule has 2 nitrogen and oxygen atoms in total. The number of rotatable bonds is 5. The Balaban J connectivity index is 2.02. The van der Waals surface area contributed by atoms with Crippen molar-refractivity contribution in [3.05, 3.63) is 40.9 Å². The maximum Gasteiger partial charge on any atom is 0.138 e. The van der Waals surface area contributed by atoms with Crippen molar-refractivity contribution in [2.75, 3.05) is 0 Å². The van der Waals surface area contributed by atoms with Crippen LogP contribution in [0, 0.1) is 0 Å². The third-order valence-corrected chi connectivity index (χ3v) is 3.80. The van der Waals surface area contributed by atoms with Crippen LogP contribution in [0.25, 0.3) is 0 Å². The van der Waals surface area contributed by atoms with Gasteiger partial charge in [-0.1, -0.05) is 30.7 Å². The summed E-state index contributed by atoms with van der Waals surface area (Å²) in [6, 6.07) is 6.19. The monoisotopic (exact) mass is 279 g/mol. The van der Waals surface area contributed by atoms with Gasteiger partial charge >= 0.3 is 0 Å². The van der Waals surface area contributed by atoms with Crippen LogP contribution < -0.4 is 10.5 Å². The number of halogens is 1. The van der Waals surface area contributed by atoms with Gasteiger partial charge < -0.3 is 10.5 Å². The molecule has 1 aliphatic carbocycles. The molecule has 0 heterocycles. The largest absolute Gasteiger partial charge is 0.485 e. The van der Waals surface area contributed by atoms with Crippen LogP contribution in [0.15, 0.2) is 30.4 Å². The lowest BCUT2D eigenvalue weighted by atomic mass is 10.0. The van der Waals surface area contributed by atoms with E-state index in [2.05, 4.69) is 25.1 Å². The molecule has 0 aliphatic heterocycles. The maximum atomic E-state index is 6.29. The van der Waals surface area contributed by atoms with E-state index in [0.717, 1.165) is 31.4 Å². The van der Waals surface area contributed by atoms with E-state index in [-0.39, 0.29) is 12.1 Å². The van der Waals surface area contributed by atoms with Gasteiger partial charge in [0, 0.05) is 6.04 Å². The van der Waals surface area contributed by atoms with E-state index in [4.69, 9.17) is 22.1 Å². The smallest absolute Gasteiger partial charge is 0.138 e. The molecule has 1 aromatic carbocycles. The Hall–Kier alpha value is -0.990. The molecule has 19 heavy (non-hydrogen) atoms. The molecule has 2 unspecified atom stereocenters. The number of hydrogen-bond acceptors (Lipinski definition) is 2. The number of ether oxygens (including phenoxy) is 1. The molecular weight excluding hydrogens is 258 g/mol. The van der Waals surface area contributed by atoms with Crippen molar-refractivity contribution in [1.29, 1.82) is 0 Å². The SMILES string of the molecule is CCC(N)Cc1ccc(OC2C=CCCC2)c(Cl)c1. The van der Waals surface area contributed by atoms with E-state index >= 15 is 0 Å². The second-order valence-corrected chi connectivity index (χ2v) is 5.56. The van der Waals surface area contributed by atoms with Crippen LogP contribution in [0.5, 0.6) is 5.75 Å². The Kier molecular flexibility index (Phi) is 5.29. The van der Waals surface area contributed by atoms with Crippen LogP contribution >= 0.6 is 11.6 Å². The zero-order chi connectivity index (χ0) is 13.7. The first-order valence-corrected chi connectivity index (χ1v) is 7.44. The minimum absolute atomic E-state index is 0.162. The molecular formula is C16H22ClNO. The molecule has 0 aromatic heterocycles. The lowest BCUT2D eigenvalue weighted by molar-refractivity contribution is 0.230. The Morgan fingerprint density at radius 3 is 2.95 bits per heavy atom. The Morgan fingerprint density at radius 1 is 1.47 bits per heavy atom. The van der Waals surface area contributed by atoms with Gasteiger partial charge in [-0.15, -0.1) is 0 Å². The Bertz CT molecular complexity index is 444. The molecule has 0 fully saturated rings. The highest BCUT2D eigenvalue weighted by Gasteiger charge is 2.12. The van der Waals surface area contributed by atoms with Crippen LogP contribution in [0.1, 0.15) is 38.2 Å². The second kappa shape index (κ2) is 6.97. The molecule has 2 N–H and O–H groups in total. The van der Waals surface area contributed by atoms with Gasteiger partial charge in [0.15, 0.2) is 0 Å². The standard InChI is InChI=1S/C16H22ClNO/c1-2-13(18)10-12-8-9-16(15(17)11-12)19-14-6-4-3-5-7-14/h4,6,8-9,11,13-14H,2-3,5,7,10,18H2,1H3. The van der Waals surface area contributed by atoms with Crippen molar-refractivity contribution in [1.82, 2.24) is 0 Å². The number of nitrogens with two attached hydrogens (primary N) is 1. The predicted molar refractivity (Wildman–Crippen MR) is 80.8 cm³/mol. The molecule has 2 rings (SSSR count). The quantitative estimate of drug-likeness (QED) is 0.824. The number of hydrogen-bond donors (Lipinski definition) is 1. The molecule has 0 bridgehead atoms. The normalized spacial score (nSPS) is 20.3. The molecule has 104 valence electrons. The molecule has 0 radical (unpaired) electrons. The lowest BCUT2D eigenvalue weighted by Gasteiger charge is -2.19. The second-order valence-electron chi connectivity index (χ2n) is 5.15. The first kappa shape index (κ1) is 14.4. The molecule has 3 heteroatoms. The van der Waals surface area contributed by atoms with Gasteiger partial charge in [-0.05, 0) is 55.9 Å². The number of benzene rings is 1. The van der Waals surface area contributed by atoms with Crippen LogP contribution in [-0.2, 0) is 6.42 Å². The molecule has 0 saturated heterocycles. The molecule has 2 atom stereocenters. The fraction of sp³-hybridized carbons (Fsp3) is 0.500. The number of allylic oxidation sites excluding steroid dienone is 1. The average Bonchev–Trinajstić information content (AvgIpc) is 2.43. The molecule has 1 aromatic rings. The average molecular weight is 280 g/mol. The summed E-state index contributed by atoms with van der Waals surface area (Å²) in [4.78, 5) is 0. The first-order chi connectivity index (χ1) is 9.19. The summed E-state index contributed by atoms with van der Waals surface area (Å²) in [5.74, 6) is 0.770. The summed E-state index contributed by atoms with van der Waals surface area (Å²) in [7, 11) is 0. The molecule has 1 aliphatic rings. The van der Waals surface area contributed by atoms with Crippen LogP contribution in [-0.4, -0.2) is 12.1 Å². The summed E-state index contributed by atoms with van der Waals surface area (Å²) >= 11 is 6.29. The van der Waals surface area contributed by atoms with Crippen LogP contribution in [0.3, 0.4) is 0 Å². The van der Waals surface area contributed by atoms with E-state index in [1.807, 2.05) is 12.1 Å².